The monoisotopic (exact) mass is 354 g/mol. The van der Waals surface area contributed by atoms with Crippen molar-refractivity contribution in [3.05, 3.63) is 65.0 Å². The number of rotatable bonds is 7. The Balaban J connectivity index is 2.03. The summed E-state index contributed by atoms with van der Waals surface area (Å²) in [6.45, 7) is 4.48. The van der Waals surface area contributed by atoms with Crippen molar-refractivity contribution in [1.29, 1.82) is 5.26 Å². The molecule has 136 valence electrons. The second-order valence-corrected chi connectivity index (χ2v) is 6.06. The van der Waals surface area contributed by atoms with Gasteiger partial charge in [0.2, 0.25) is 5.91 Å². The molecule has 0 aliphatic carbocycles. The Morgan fingerprint density at radius 3 is 2.50 bits per heavy atom. The van der Waals surface area contributed by atoms with Crippen LogP contribution >= 0.6 is 0 Å². The Kier molecular flexibility index (Phi) is 6.74. The number of nitriles is 1. The first-order chi connectivity index (χ1) is 12.5. The predicted octanol–water partition coefficient (Wildman–Crippen LogP) is 4.25. The maximum atomic E-state index is 13.8. The minimum Gasteiger partial charge on any atom is -0.494 e. The largest absolute Gasteiger partial charge is 0.494 e. The molecule has 0 saturated carbocycles. The third-order valence-electron chi connectivity index (χ3n) is 4.49. The molecule has 0 radical (unpaired) electrons. The fourth-order valence-electron chi connectivity index (χ4n) is 2.94. The Hall–Kier alpha value is -2.87. The molecule has 0 N–H and O–H groups in total. The minimum atomic E-state index is -0.421. The third kappa shape index (κ3) is 4.60. The van der Waals surface area contributed by atoms with Gasteiger partial charge in [0.15, 0.2) is 11.6 Å². The standard InChI is InChI=1S/C21H23FN2O2/c1-4-24(15(2)18-9-5-17(14-23)6-10-18)21(25)12-8-16-7-11-20(26-3)19(22)13-16/h5-7,9-11,13,15H,4,8,12H2,1-3H3. The van der Waals surface area contributed by atoms with Gasteiger partial charge in [-0.15, -0.1) is 0 Å². The van der Waals surface area contributed by atoms with Crippen LogP contribution in [0.25, 0.3) is 0 Å². The molecule has 1 amide bonds. The summed E-state index contributed by atoms with van der Waals surface area (Å²) in [7, 11) is 1.42. The molecule has 0 bridgehead atoms. The van der Waals surface area contributed by atoms with Gasteiger partial charge < -0.3 is 9.64 Å². The van der Waals surface area contributed by atoms with E-state index in [4.69, 9.17) is 10.00 Å². The molecule has 0 spiro atoms. The van der Waals surface area contributed by atoms with E-state index in [1.807, 2.05) is 26.0 Å². The fraction of sp³-hybridized carbons (Fsp3) is 0.333. The van der Waals surface area contributed by atoms with Crippen LogP contribution in [0.1, 0.15) is 43.0 Å². The molecular weight excluding hydrogens is 331 g/mol. The van der Waals surface area contributed by atoms with E-state index in [2.05, 4.69) is 6.07 Å². The van der Waals surface area contributed by atoms with Crippen LogP contribution in [-0.2, 0) is 11.2 Å². The van der Waals surface area contributed by atoms with Crippen LogP contribution in [0.15, 0.2) is 42.5 Å². The lowest BCUT2D eigenvalue weighted by molar-refractivity contribution is -0.133. The van der Waals surface area contributed by atoms with Crippen LogP contribution in [0.2, 0.25) is 0 Å². The summed E-state index contributed by atoms with van der Waals surface area (Å²) in [6, 6.07) is 14.0. The SMILES string of the molecule is CCN(C(=O)CCc1ccc(OC)c(F)c1)C(C)c1ccc(C#N)cc1. The van der Waals surface area contributed by atoms with Gasteiger partial charge in [-0.3, -0.25) is 4.79 Å². The molecule has 4 nitrogen and oxygen atoms in total. The van der Waals surface area contributed by atoms with E-state index in [-0.39, 0.29) is 17.7 Å². The molecule has 5 heteroatoms. The Labute approximate surface area is 153 Å². The molecule has 0 saturated heterocycles. The van der Waals surface area contributed by atoms with E-state index in [1.165, 1.54) is 13.2 Å². The summed E-state index contributed by atoms with van der Waals surface area (Å²) in [4.78, 5) is 14.4. The summed E-state index contributed by atoms with van der Waals surface area (Å²) in [5.74, 6) is -0.207. The Bertz CT molecular complexity index is 797. The number of hydrogen-bond donors (Lipinski definition) is 0. The van der Waals surface area contributed by atoms with Gasteiger partial charge in [-0.1, -0.05) is 18.2 Å². The van der Waals surface area contributed by atoms with E-state index in [0.29, 0.717) is 24.9 Å². The second kappa shape index (κ2) is 9.00. The highest BCUT2D eigenvalue weighted by Crippen LogP contribution is 2.23. The summed E-state index contributed by atoms with van der Waals surface area (Å²) in [6.07, 6.45) is 0.774. The first kappa shape index (κ1) is 19.5. The van der Waals surface area contributed by atoms with Gasteiger partial charge >= 0.3 is 0 Å². The predicted molar refractivity (Wildman–Crippen MR) is 98.2 cm³/mol. The Morgan fingerprint density at radius 1 is 1.27 bits per heavy atom. The number of halogens is 1. The molecule has 26 heavy (non-hydrogen) atoms. The fourth-order valence-corrected chi connectivity index (χ4v) is 2.94. The highest BCUT2D eigenvalue weighted by atomic mass is 19.1. The van der Waals surface area contributed by atoms with Crippen molar-refractivity contribution in [2.75, 3.05) is 13.7 Å². The van der Waals surface area contributed by atoms with Crippen molar-refractivity contribution >= 4 is 5.91 Å². The first-order valence-electron chi connectivity index (χ1n) is 8.62. The lowest BCUT2D eigenvalue weighted by atomic mass is 10.0. The highest BCUT2D eigenvalue weighted by molar-refractivity contribution is 5.77. The number of nitrogens with zero attached hydrogens (tertiary/aromatic N) is 2. The van der Waals surface area contributed by atoms with E-state index in [0.717, 1.165) is 11.1 Å². The second-order valence-electron chi connectivity index (χ2n) is 6.06. The van der Waals surface area contributed by atoms with E-state index < -0.39 is 5.82 Å². The number of carbonyl (C=O) groups is 1. The number of benzene rings is 2. The summed E-state index contributed by atoms with van der Waals surface area (Å²) >= 11 is 0. The van der Waals surface area contributed by atoms with Gasteiger partial charge in [0.25, 0.3) is 0 Å². The molecule has 0 aliphatic rings. The van der Waals surface area contributed by atoms with Gasteiger partial charge in [-0.25, -0.2) is 4.39 Å². The molecule has 1 unspecified atom stereocenters. The first-order valence-corrected chi connectivity index (χ1v) is 8.62. The van der Waals surface area contributed by atoms with Gasteiger partial charge in [0.1, 0.15) is 0 Å². The number of hydrogen-bond acceptors (Lipinski definition) is 3. The molecule has 2 aromatic carbocycles. The number of aryl methyl sites for hydroxylation is 1. The highest BCUT2D eigenvalue weighted by Gasteiger charge is 2.20. The smallest absolute Gasteiger partial charge is 0.223 e. The van der Waals surface area contributed by atoms with E-state index in [1.54, 1.807) is 29.2 Å². The molecular formula is C21H23FN2O2. The van der Waals surface area contributed by atoms with Gasteiger partial charge in [-0.05, 0) is 55.7 Å². The summed E-state index contributed by atoms with van der Waals surface area (Å²) < 4.78 is 18.7. The lowest BCUT2D eigenvalue weighted by Crippen LogP contribution is -2.33. The zero-order valence-corrected chi connectivity index (χ0v) is 15.3. The Morgan fingerprint density at radius 2 is 1.96 bits per heavy atom. The van der Waals surface area contributed by atoms with Crippen LogP contribution in [0.4, 0.5) is 4.39 Å². The molecule has 0 heterocycles. The third-order valence-corrected chi connectivity index (χ3v) is 4.49. The van der Waals surface area contributed by atoms with Gasteiger partial charge in [0, 0.05) is 13.0 Å². The van der Waals surface area contributed by atoms with Crippen molar-refractivity contribution in [3.63, 3.8) is 0 Å². The van der Waals surface area contributed by atoms with Crippen molar-refractivity contribution in [2.45, 2.75) is 32.7 Å². The van der Waals surface area contributed by atoms with Crippen molar-refractivity contribution in [2.24, 2.45) is 0 Å². The summed E-state index contributed by atoms with van der Waals surface area (Å²) in [5.41, 5.74) is 2.34. The number of amides is 1. The average Bonchev–Trinajstić information content (AvgIpc) is 2.67. The van der Waals surface area contributed by atoms with Gasteiger partial charge in [-0.2, -0.15) is 5.26 Å². The maximum Gasteiger partial charge on any atom is 0.223 e. The molecule has 2 rings (SSSR count). The molecule has 0 aliphatic heterocycles. The lowest BCUT2D eigenvalue weighted by Gasteiger charge is -2.28. The van der Waals surface area contributed by atoms with Crippen molar-refractivity contribution in [1.82, 2.24) is 4.90 Å². The zero-order chi connectivity index (χ0) is 19.1. The van der Waals surface area contributed by atoms with Gasteiger partial charge in [0.05, 0.1) is 24.8 Å². The molecule has 1 atom stereocenters. The molecule has 0 fully saturated rings. The van der Waals surface area contributed by atoms with Crippen LogP contribution in [0.5, 0.6) is 5.75 Å². The van der Waals surface area contributed by atoms with Crippen LogP contribution < -0.4 is 4.74 Å². The number of ether oxygens (including phenoxy) is 1. The minimum absolute atomic E-state index is 0.0144. The van der Waals surface area contributed by atoms with E-state index in [9.17, 15) is 9.18 Å². The molecule has 2 aromatic rings. The number of methoxy groups -OCH3 is 1. The topological polar surface area (TPSA) is 53.3 Å². The average molecular weight is 354 g/mol. The van der Waals surface area contributed by atoms with Crippen LogP contribution in [0, 0.1) is 17.1 Å². The van der Waals surface area contributed by atoms with Crippen LogP contribution in [0.3, 0.4) is 0 Å². The molecule has 0 aromatic heterocycles. The normalized spacial score (nSPS) is 11.5. The van der Waals surface area contributed by atoms with Crippen LogP contribution in [-0.4, -0.2) is 24.5 Å². The zero-order valence-electron chi connectivity index (χ0n) is 15.3. The maximum absolute atomic E-state index is 13.8. The number of carbonyl (C=O) groups excluding carboxylic acids is 1. The van der Waals surface area contributed by atoms with Crippen molar-refractivity contribution < 1.29 is 13.9 Å². The van der Waals surface area contributed by atoms with Crippen molar-refractivity contribution in [3.8, 4) is 11.8 Å². The quantitative estimate of drug-likeness (QED) is 0.747. The summed E-state index contributed by atoms with van der Waals surface area (Å²) in [5, 5.41) is 8.89. The van der Waals surface area contributed by atoms with E-state index >= 15 is 0 Å².